The second-order valence-electron chi connectivity index (χ2n) is 4.38. The highest BCUT2D eigenvalue weighted by Crippen LogP contribution is 2.32. The van der Waals surface area contributed by atoms with E-state index in [-0.39, 0.29) is 22.3 Å². The predicted octanol–water partition coefficient (Wildman–Crippen LogP) is 2.94. The van der Waals surface area contributed by atoms with Crippen LogP contribution in [0, 0.1) is 59.2 Å². The number of benzene rings is 2. The van der Waals surface area contributed by atoms with Crippen LogP contribution in [-0.2, 0) is 0 Å². The molecule has 92 valence electrons. The van der Waals surface area contributed by atoms with Crippen molar-refractivity contribution in [3.05, 3.63) is 45.5 Å². The lowest BCUT2D eigenvalue weighted by molar-refractivity contribution is 1.35. The minimum atomic E-state index is -0.0256. The number of hydrogen-bond donors (Lipinski definition) is 0. The zero-order valence-corrected chi connectivity index (χ0v) is 10.9. The molecular weight excluding hydrogens is 248 g/mol. The van der Waals surface area contributed by atoms with Gasteiger partial charge in [0.25, 0.3) is 0 Å². The molecule has 0 bridgehead atoms. The van der Waals surface area contributed by atoms with E-state index in [0.29, 0.717) is 10.8 Å². The maximum Gasteiger partial charge on any atom is 0.102 e. The maximum absolute atomic E-state index is 9.35. The Labute approximate surface area is 116 Å². The molecule has 0 aliphatic rings. The van der Waals surface area contributed by atoms with E-state index in [0.717, 1.165) is 11.1 Å². The topological polar surface area (TPSA) is 95.2 Å². The van der Waals surface area contributed by atoms with Gasteiger partial charge in [0.1, 0.15) is 24.3 Å². The largest absolute Gasteiger partial charge is 0.192 e. The van der Waals surface area contributed by atoms with Crippen LogP contribution in [0.15, 0.2) is 12.1 Å². The monoisotopic (exact) mass is 256 g/mol. The van der Waals surface area contributed by atoms with Crippen molar-refractivity contribution in [1.82, 2.24) is 0 Å². The molecule has 0 radical (unpaired) electrons. The molecular formula is C16H8N4. The summed E-state index contributed by atoms with van der Waals surface area (Å²) in [6.45, 7) is 3.74. The van der Waals surface area contributed by atoms with Gasteiger partial charge in [0.05, 0.1) is 22.3 Å². The third kappa shape index (κ3) is 1.58. The lowest BCUT2D eigenvalue weighted by Gasteiger charge is -2.11. The molecule has 0 aliphatic heterocycles. The highest BCUT2D eigenvalue weighted by molar-refractivity contribution is 5.99. The fourth-order valence-corrected chi connectivity index (χ4v) is 2.31. The molecule has 0 saturated carbocycles. The molecule has 0 aliphatic carbocycles. The van der Waals surface area contributed by atoms with Crippen molar-refractivity contribution < 1.29 is 0 Å². The van der Waals surface area contributed by atoms with Crippen molar-refractivity contribution in [1.29, 1.82) is 21.0 Å². The van der Waals surface area contributed by atoms with E-state index < -0.39 is 0 Å². The standard InChI is InChI=1S/C16H8N4/c1-9-3-4-11-12(5-17)13(6-18)14(7-19)15(8-20)16(11)10(9)2/h3-4H,1-2H3. The first-order valence-corrected chi connectivity index (χ1v) is 5.81. The number of fused-ring (bicyclic) bond motifs is 1. The molecule has 0 spiro atoms. The summed E-state index contributed by atoms with van der Waals surface area (Å²) in [4.78, 5) is 0. The summed E-state index contributed by atoms with van der Waals surface area (Å²) in [5, 5.41) is 38.2. The Morgan fingerprint density at radius 3 is 1.70 bits per heavy atom. The number of rotatable bonds is 0. The summed E-state index contributed by atoms with van der Waals surface area (Å²) in [6, 6.07) is 11.3. The Hall–Kier alpha value is -3.34. The van der Waals surface area contributed by atoms with E-state index >= 15 is 0 Å². The van der Waals surface area contributed by atoms with Gasteiger partial charge in [-0.3, -0.25) is 0 Å². The van der Waals surface area contributed by atoms with Gasteiger partial charge >= 0.3 is 0 Å². The lowest BCUT2D eigenvalue weighted by Crippen LogP contribution is -2.00. The zero-order valence-electron chi connectivity index (χ0n) is 10.9. The summed E-state index contributed by atoms with van der Waals surface area (Å²) < 4.78 is 0. The van der Waals surface area contributed by atoms with Crippen molar-refractivity contribution in [2.75, 3.05) is 0 Å². The third-order valence-electron chi connectivity index (χ3n) is 3.45. The smallest absolute Gasteiger partial charge is 0.102 e. The van der Waals surface area contributed by atoms with Crippen molar-refractivity contribution >= 4 is 10.8 Å². The van der Waals surface area contributed by atoms with Crippen LogP contribution in [-0.4, -0.2) is 0 Å². The molecule has 4 nitrogen and oxygen atoms in total. The minimum Gasteiger partial charge on any atom is -0.192 e. The van der Waals surface area contributed by atoms with Gasteiger partial charge in [0.15, 0.2) is 0 Å². The quantitative estimate of drug-likeness (QED) is 0.723. The number of hydrogen-bond acceptors (Lipinski definition) is 4. The molecule has 2 rings (SSSR count). The van der Waals surface area contributed by atoms with Gasteiger partial charge in [-0.05, 0) is 25.0 Å². The molecule has 0 unspecified atom stereocenters. The summed E-state index contributed by atoms with van der Waals surface area (Å²) in [5.41, 5.74) is 2.08. The van der Waals surface area contributed by atoms with Crippen molar-refractivity contribution in [2.45, 2.75) is 13.8 Å². The van der Waals surface area contributed by atoms with Gasteiger partial charge in [0.2, 0.25) is 0 Å². The van der Waals surface area contributed by atoms with E-state index in [4.69, 9.17) is 0 Å². The summed E-state index contributed by atoms with van der Waals surface area (Å²) in [6.07, 6.45) is 0. The van der Waals surface area contributed by atoms with E-state index in [2.05, 4.69) is 0 Å². The fourth-order valence-electron chi connectivity index (χ4n) is 2.31. The molecule has 0 atom stereocenters. The van der Waals surface area contributed by atoms with Crippen LogP contribution in [0.5, 0.6) is 0 Å². The average molecular weight is 256 g/mol. The van der Waals surface area contributed by atoms with E-state index in [1.807, 2.05) is 44.2 Å². The Kier molecular flexibility index (Phi) is 3.10. The van der Waals surface area contributed by atoms with Crippen LogP contribution in [0.3, 0.4) is 0 Å². The summed E-state index contributed by atoms with van der Waals surface area (Å²) in [5.74, 6) is 0. The normalized spacial score (nSPS) is 9.30. The Balaban J connectivity index is 3.29. The van der Waals surface area contributed by atoms with Crippen molar-refractivity contribution in [3.63, 3.8) is 0 Å². The fraction of sp³-hybridized carbons (Fsp3) is 0.125. The molecule has 0 saturated heterocycles. The van der Waals surface area contributed by atoms with Gasteiger partial charge in [-0.15, -0.1) is 0 Å². The summed E-state index contributed by atoms with van der Waals surface area (Å²) >= 11 is 0. The van der Waals surface area contributed by atoms with Crippen LogP contribution in [0.4, 0.5) is 0 Å². The predicted molar refractivity (Wildman–Crippen MR) is 72.3 cm³/mol. The number of aryl methyl sites for hydroxylation is 2. The summed E-state index contributed by atoms with van der Waals surface area (Å²) in [7, 11) is 0. The van der Waals surface area contributed by atoms with E-state index in [1.165, 1.54) is 0 Å². The molecule has 0 aromatic heterocycles. The van der Waals surface area contributed by atoms with Gasteiger partial charge in [-0.2, -0.15) is 21.0 Å². The number of nitriles is 4. The SMILES string of the molecule is Cc1ccc2c(C#N)c(C#N)c(C#N)c(C#N)c2c1C. The average Bonchev–Trinajstić information content (AvgIpc) is 2.48. The molecule has 4 heteroatoms. The molecule has 0 N–H and O–H groups in total. The van der Waals surface area contributed by atoms with Gasteiger partial charge in [-0.25, -0.2) is 0 Å². The van der Waals surface area contributed by atoms with Gasteiger partial charge in [-0.1, -0.05) is 12.1 Å². The highest BCUT2D eigenvalue weighted by atomic mass is 14.3. The molecule has 2 aromatic rings. The van der Waals surface area contributed by atoms with Crippen molar-refractivity contribution in [3.8, 4) is 24.3 Å². The van der Waals surface area contributed by atoms with Crippen LogP contribution in [0.1, 0.15) is 33.4 Å². The first kappa shape index (κ1) is 13.1. The van der Waals surface area contributed by atoms with Gasteiger partial charge < -0.3 is 0 Å². The Morgan fingerprint density at radius 2 is 1.20 bits per heavy atom. The van der Waals surface area contributed by atoms with Gasteiger partial charge in [0, 0.05) is 10.8 Å². The molecule has 0 heterocycles. The van der Waals surface area contributed by atoms with Crippen molar-refractivity contribution in [2.24, 2.45) is 0 Å². The third-order valence-corrected chi connectivity index (χ3v) is 3.45. The second kappa shape index (κ2) is 4.74. The Morgan fingerprint density at radius 1 is 0.700 bits per heavy atom. The number of nitrogens with zero attached hydrogens (tertiary/aromatic N) is 4. The highest BCUT2D eigenvalue weighted by Gasteiger charge is 2.20. The van der Waals surface area contributed by atoms with Crippen LogP contribution >= 0.6 is 0 Å². The first-order chi connectivity index (χ1) is 9.60. The molecule has 20 heavy (non-hydrogen) atoms. The maximum atomic E-state index is 9.35. The minimum absolute atomic E-state index is 0.0206. The molecule has 0 amide bonds. The lowest BCUT2D eigenvalue weighted by atomic mass is 9.87. The first-order valence-electron chi connectivity index (χ1n) is 5.81. The van der Waals surface area contributed by atoms with Crippen LogP contribution in [0.2, 0.25) is 0 Å². The molecule has 2 aromatic carbocycles. The zero-order chi connectivity index (χ0) is 14.9. The second-order valence-corrected chi connectivity index (χ2v) is 4.38. The van der Waals surface area contributed by atoms with Crippen LogP contribution < -0.4 is 0 Å². The van der Waals surface area contributed by atoms with E-state index in [1.54, 1.807) is 6.07 Å². The molecule has 0 fully saturated rings. The van der Waals surface area contributed by atoms with Crippen LogP contribution in [0.25, 0.3) is 10.8 Å². The Bertz CT molecular complexity index is 910. The van der Waals surface area contributed by atoms with E-state index in [9.17, 15) is 21.0 Å².